The van der Waals surface area contributed by atoms with Crippen LogP contribution < -0.4 is 5.73 Å². The van der Waals surface area contributed by atoms with E-state index in [1.807, 2.05) is 0 Å². The number of nitrogens with two attached hydrogens (primary N) is 1. The van der Waals surface area contributed by atoms with Gasteiger partial charge in [0.25, 0.3) is 0 Å². The second-order valence-corrected chi connectivity index (χ2v) is 4.27. The maximum Gasteiger partial charge on any atom is 0.453 e. The van der Waals surface area contributed by atoms with Crippen LogP contribution in [0.3, 0.4) is 0 Å². The summed E-state index contributed by atoms with van der Waals surface area (Å²) in [6, 6.07) is -0.259. The van der Waals surface area contributed by atoms with Gasteiger partial charge in [-0.3, -0.25) is 0 Å². The minimum Gasteiger partial charge on any atom is -0.327 e. The first-order valence-electron chi connectivity index (χ1n) is 4.86. The summed E-state index contributed by atoms with van der Waals surface area (Å²) < 4.78 is 62.1. The Hall–Kier alpha value is -0.390. The van der Waals surface area contributed by atoms with E-state index in [4.69, 9.17) is 5.73 Å². The average Bonchev–Trinajstić information content (AvgIpc) is 2.07. The van der Waals surface area contributed by atoms with Crippen molar-refractivity contribution in [3.05, 3.63) is 0 Å². The van der Waals surface area contributed by atoms with E-state index < -0.39 is 18.0 Å². The van der Waals surface area contributed by atoms with Gasteiger partial charge in [-0.1, -0.05) is 6.92 Å². The third-order valence-corrected chi connectivity index (χ3v) is 3.13. The van der Waals surface area contributed by atoms with Gasteiger partial charge in [0.1, 0.15) is 0 Å². The minimum atomic E-state index is -5.45. The fourth-order valence-electron chi connectivity index (χ4n) is 1.98. The van der Waals surface area contributed by atoms with Crippen molar-refractivity contribution in [1.82, 2.24) is 0 Å². The van der Waals surface area contributed by atoms with Crippen LogP contribution in [0.5, 0.6) is 0 Å². The van der Waals surface area contributed by atoms with Crippen LogP contribution in [0.25, 0.3) is 0 Å². The predicted molar refractivity (Wildman–Crippen MR) is 45.5 cm³/mol. The molecule has 0 aromatic rings. The summed E-state index contributed by atoms with van der Waals surface area (Å²) in [4.78, 5) is 0. The lowest BCUT2D eigenvalue weighted by Crippen LogP contribution is -2.48. The molecule has 15 heavy (non-hydrogen) atoms. The van der Waals surface area contributed by atoms with E-state index in [9.17, 15) is 22.0 Å². The highest BCUT2D eigenvalue weighted by atomic mass is 19.4. The zero-order valence-electron chi connectivity index (χ0n) is 8.32. The van der Waals surface area contributed by atoms with Crippen molar-refractivity contribution >= 4 is 0 Å². The van der Waals surface area contributed by atoms with Gasteiger partial charge < -0.3 is 5.73 Å². The summed E-state index contributed by atoms with van der Waals surface area (Å²) in [5, 5.41) is 0. The Labute approximate surface area is 84.8 Å². The fourth-order valence-corrected chi connectivity index (χ4v) is 1.98. The molecule has 0 radical (unpaired) electrons. The molecular weight excluding hydrogens is 217 g/mol. The van der Waals surface area contributed by atoms with Gasteiger partial charge >= 0.3 is 12.1 Å². The Kier molecular flexibility index (Phi) is 3.28. The fraction of sp³-hybridized carbons (Fsp3) is 1.00. The number of rotatable bonds is 1. The molecule has 0 aromatic carbocycles. The molecule has 6 heteroatoms. The summed E-state index contributed by atoms with van der Waals surface area (Å²) in [7, 11) is 0. The van der Waals surface area contributed by atoms with Gasteiger partial charge in [-0.15, -0.1) is 0 Å². The average molecular weight is 231 g/mol. The van der Waals surface area contributed by atoms with E-state index in [1.165, 1.54) is 0 Å². The number of alkyl halides is 5. The summed E-state index contributed by atoms with van der Waals surface area (Å²) >= 11 is 0. The molecule has 0 spiro atoms. The van der Waals surface area contributed by atoms with Gasteiger partial charge in [0, 0.05) is 12.0 Å². The van der Waals surface area contributed by atoms with E-state index >= 15 is 0 Å². The quantitative estimate of drug-likeness (QED) is 0.690. The lowest BCUT2D eigenvalue weighted by atomic mass is 9.76. The molecule has 3 unspecified atom stereocenters. The van der Waals surface area contributed by atoms with Crippen molar-refractivity contribution in [2.75, 3.05) is 0 Å². The molecule has 1 fully saturated rings. The highest BCUT2D eigenvalue weighted by Gasteiger charge is 2.62. The third kappa shape index (κ3) is 2.41. The molecule has 2 N–H and O–H groups in total. The Morgan fingerprint density at radius 3 is 2.00 bits per heavy atom. The first-order valence-corrected chi connectivity index (χ1v) is 4.86. The smallest absolute Gasteiger partial charge is 0.327 e. The molecule has 1 aliphatic carbocycles. The second kappa shape index (κ2) is 3.88. The van der Waals surface area contributed by atoms with Crippen molar-refractivity contribution in [3.8, 4) is 0 Å². The molecule has 0 aromatic heterocycles. The van der Waals surface area contributed by atoms with Crippen LogP contribution in [0.2, 0.25) is 0 Å². The second-order valence-electron chi connectivity index (χ2n) is 4.27. The monoisotopic (exact) mass is 231 g/mol. The molecule has 1 rings (SSSR count). The molecule has 1 aliphatic rings. The molecule has 0 amide bonds. The molecule has 90 valence electrons. The standard InChI is InChI=1S/C9H14F5N/c1-5-4-6(2-3-7(5)15)8(10,11)9(12,13)14/h5-7H,2-4,15H2,1H3. The van der Waals surface area contributed by atoms with Crippen molar-refractivity contribution in [2.45, 2.75) is 44.3 Å². The first-order chi connectivity index (χ1) is 6.66. The van der Waals surface area contributed by atoms with Gasteiger partial charge in [-0.2, -0.15) is 22.0 Å². The van der Waals surface area contributed by atoms with Crippen LogP contribution >= 0.6 is 0 Å². The molecule has 0 bridgehead atoms. The van der Waals surface area contributed by atoms with E-state index in [2.05, 4.69) is 0 Å². The Bertz CT molecular complexity index is 225. The van der Waals surface area contributed by atoms with Crippen molar-refractivity contribution in [3.63, 3.8) is 0 Å². The molecule has 3 atom stereocenters. The van der Waals surface area contributed by atoms with E-state index in [0.29, 0.717) is 0 Å². The summed E-state index contributed by atoms with van der Waals surface area (Å²) in [6.45, 7) is 1.61. The minimum absolute atomic E-state index is 0.155. The molecular formula is C9H14F5N. The van der Waals surface area contributed by atoms with Crippen LogP contribution in [0, 0.1) is 11.8 Å². The van der Waals surface area contributed by atoms with E-state index in [0.717, 1.165) is 0 Å². The Morgan fingerprint density at radius 2 is 1.60 bits per heavy atom. The van der Waals surface area contributed by atoms with Crippen LogP contribution in [0.1, 0.15) is 26.2 Å². The van der Waals surface area contributed by atoms with Crippen molar-refractivity contribution in [2.24, 2.45) is 17.6 Å². The SMILES string of the molecule is CC1CC(C(F)(F)C(F)(F)F)CCC1N. The van der Waals surface area contributed by atoms with Crippen LogP contribution in [0.15, 0.2) is 0 Å². The van der Waals surface area contributed by atoms with Crippen molar-refractivity contribution < 1.29 is 22.0 Å². The van der Waals surface area contributed by atoms with Crippen LogP contribution in [-0.4, -0.2) is 18.1 Å². The maximum absolute atomic E-state index is 13.0. The topological polar surface area (TPSA) is 26.0 Å². The summed E-state index contributed by atoms with van der Waals surface area (Å²) in [5.41, 5.74) is 5.57. The lowest BCUT2D eigenvalue weighted by Gasteiger charge is -2.36. The van der Waals surface area contributed by atoms with Gasteiger partial charge in [0.05, 0.1) is 0 Å². The summed E-state index contributed by atoms with van der Waals surface area (Å²) in [5.74, 6) is -6.48. The normalized spacial score (nSPS) is 34.2. The molecule has 1 nitrogen and oxygen atoms in total. The van der Waals surface area contributed by atoms with E-state index in [1.54, 1.807) is 6.92 Å². The third-order valence-electron chi connectivity index (χ3n) is 3.13. The van der Waals surface area contributed by atoms with Gasteiger partial charge in [-0.25, -0.2) is 0 Å². The summed E-state index contributed by atoms with van der Waals surface area (Å²) in [6.07, 6.45) is -5.53. The molecule has 0 saturated heterocycles. The highest BCUT2D eigenvalue weighted by molar-refractivity contribution is 4.90. The predicted octanol–water partition coefficient (Wildman–Crippen LogP) is 2.95. The van der Waals surface area contributed by atoms with Gasteiger partial charge in [-0.05, 0) is 25.2 Å². The highest BCUT2D eigenvalue weighted by Crippen LogP contribution is 2.47. The molecule has 1 saturated carbocycles. The van der Waals surface area contributed by atoms with Gasteiger partial charge in [0.2, 0.25) is 0 Å². The number of hydrogen-bond donors (Lipinski definition) is 1. The number of halogens is 5. The molecule has 0 heterocycles. The lowest BCUT2D eigenvalue weighted by molar-refractivity contribution is -0.306. The molecule has 0 aliphatic heterocycles. The Balaban J connectivity index is 2.73. The van der Waals surface area contributed by atoms with Gasteiger partial charge in [0.15, 0.2) is 0 Å². The van der Waals surface area contributed by atoms with Crippen LogP contribution in [-0.2, 0) is 0 Å². The van der Waals surface area contributed by atoms with E-state index in [-0.39, 0.29) is 31.2 Å². The zero-order chi connectivity index (χ0) is 11.9. The largest absolute Gasteiger partial charge is 0.453 e. The Morgan fingerprint density at radius 1 is 1.07 bits per heavy atom. The number of hydrogen-bond acceptors (Lipinski definition) is 1. The maximum atomic E-state index is 13.0. The first kappa shape index (κ1) is 12.7. The zero-order valence-corrected chi connectivity index (χ0v) is 8.32. The van der Waals surface area contributed by atoms with Crippen molar-refractivity contribution in [1.29, 1.82) is 0 Å². The van der Waals surface area contributed by atoms with Crippen LogP contribution in [0.4, 0.5) is 22.0 Å².